The highest BCUT2D eigenvalue weighted by atomic mass is 16.6. The van der Waals surface area contributed by atoms with E-state index in [-0.39, 0.29) is 31.1 Å². The molecule has 0 N–H and O–H groups in total. The van der Waals surface area contributed by atoms with Crippen LogP contribution in [0.5, 0.6) is 0 Å². The molecule has 0 heterocycles. The lowest BCUT2D eigenvalue weighted by atomic mass is 10.0. The number of rotatable bonds is 53. The fourth-order valence-electron chi connectivity index (χ4n) is 8.33. The Kier molecular flexibility index (Phi) is 54.8. The zero-order chi connectivity index (χ0) is 50.0. The molecule has 1 atom stereocenters. The highest BCUT2D eigenvalue weighted by Gasteiger charge is 2.19. The Morgan fingerprint density at radius 2 is 0.565 bits per heavy atom. The van der Waals surface area contributed by atoms with Crippen LogP contribution in [0.25, 0.3) is 0 Å². The van der Waals surface area contributed by atoms with Crippen molar-refractivity contribution >= 4 is 17.9 Å². The lowest BCUT2D eigenvalue weighted by Gasteiger charge is -2.18. The predicted molar refractivity (Wildman–Crippen MR) is 298 cm³/mol. The molecule has 6 nitrogen and oxygen atoms in total. The molecule has 0 aliphatic heterocycles. The molecule has 0 saturated heterocycles. The molecule has 0 aliphatic rings. The van der Waals surface area contributed by atoms with Gasteiger partial charge in [0.05, 0.1) is 0 Å². The van der Waals surface area contributed by atoms with Crippen molar-refractivity contribution in [1.82, 2.24) is 0 Å². The number of hydrogen-bond acceptors (Lipinski definition) is 6. The number of carbonyl (C=O) groups excluding carboxylic acids is 3. The van der Waals surface area contributed by atoms with Crippen molar-refractivity contribution in [2.45, 2.75) is 297 Å². The van der Waals surface area contributed by atoms with Gasteiger partial charge in [0.25, 0.3) is 0 Å². The monoisotopic (exact) mass is 963 g/mol. The van der Waals surface area contributed by atoms with Crippen LogP contribution in [0.2, 0.25) is 0 Å². The van der Waals surface area contributed by atoms with Crippen molar-refractivity contribution in [3.63, 3.8) is 0 Å². The Morgan fingerprint density at radius 3 is 0.884 bits per heavy atom. The fourth-order valence-corrected chi connectivity index (χ4v) is 8.33. The van der Waals surface area contributed by atoms with Gasteiger partial charge in [-0.05, 0) is 70.6 Å². The zero-order valence-electron chi connectivity index (χ0n) is 45.6. The summed E-state index contributed by atoms with van der Waals surface area (Å²) in [5, 5.41) is 0. The van der Waals surface area contributed by atoms with Crippen LogP contribution in [-0.2, 0) is 28.6 Å². The first-order chi connectivity index (χ1) is 34.0. The summed E-state index contributed by atoms with van der Waals surface area (Å²) in [6.07, 6.45) is 73.9. The predicted octanol–water partition coefficient (Wildman–Crippen LogP) is 19.8. The van der Waals surface area contributed by atoms with Crippen molar-refractivity contribution in [3.8, 4) is 0 Å². The second-order valence-electron chi connectivity index (χ2n) is 19.5. The van der Waals surface area contributed by atoms with Gasteiger partial charge in [-0.3, -0.25) is 14.4 Å². The average Bonchev–Trinajstić information content (AvgIpc) is 3.35. The van der Waals surface area contributed by atoms with E-state index in [0.29, 0.717) is 19.3 Å². The summed E-state index contributed by atoms with van der Waals surface area (Å²) < 4.78 is 16.7. The summed E-state index contributed by atoms with van der Waals surface area (Å²) in [5.41, 5.74) is 0. The minimum absolute atomic E-state index is 0.0705. The van der Waals surface area contributed by atoms with Crippen molar-refractivity contribution in [3.05, 3.63) is 72.9 Å². The number of allylic oxidation sites excluding steroid dienone is 12. The Labute approximate surface area is 427 Å². The first-order valence-electron chi connectivity index (χ1n) is 29.4. The molecule has 0 aliphatic carbocycles. The second-order valence-corrected chi connectivity index (χ2v) is 19.5. The smallest absolute Gasteiger partial charge is 0.306 e. The molecular weight excluding hydrogens is 853 g/mol. The normalized spacial score (nSPS) is 12.6. The van der Waals surface area contributed by atoms with E-state index in [9.17, 15) is 14.4 Å². The van der Waals surface area contributed by atoms with Crippen molar-refractivity contribution in [2.24, 2.45) is 0 Å². The third-order valence-electron chi connectivity index (χ3n) is 12.7. The van der Waals surface area contributed by atoms with Crippen LogP contribution < -0.4 is 0 Å². The minimum Gasteiger partial charge on any atom is -0.462 e. The third kappa shape index (κ3) is 55.6. The number of carbonyl (C=O) groups is 3. The van der Waals surface area contributed by atoms with Gasteiger partial charge in [0.15, 0.2) is 6.10 Å². The van der Waals surface area contributed by atoms with Crippen LogP contribution in [0.1, 0.15) is 290 Å². The van der Waals surface area contributed by atoms with E-state index in [4.69, 9.17) is 14.2 Å². The molecule has 0 radical (unpaired) electrons. The molecular formula is C63H110O6. The SMILES string of the molecule is CC/C=C\C/C=C\C/C=C\C/C=C\C/C=C\C/C=C\CCCCCCCCCCCCCCCCCCC(=O)OCC(COC(=O)CCCCCCC)OC(=O)CCCCCCCCCCCCC. The average molecular weight is 964 g/mol. The molecule has 0 amide bonds. The van der Waals surface area contributed by atoms with E-state index in [2.05, 4.69) is 93.7 Å². The summed E-state index contributed by atoms with van der Waals surface area (Å²) >= 11 is 0. The standard InChI is InChI=1S/C63H110O6/c1-4-7-10-13-15-17-19-20-21-22-23-24-25-26-27-28-29-30-31-32-33-34-35-36-37-38-39-40-41-42-44-45-47-50-53-56-62(65)68-59-60(58-67-61(64)55-52-49-12-9-6-3)69-63(66)57-54-51-48-46-43-18-16-14-11-8-5-2/h7,10,15,17,20-21,23-24,26-27,29-30,60H,4-6,8-9,11-14,16,18-19,22,25,28,31-59H2,1-3H3/b10-7-,17-15-,21-20-,24-23-,27-26-,30-29-. The van der Waals surface area contributed by atoms with Gasteiger partial charge in [0, 0.05) is 19.3 Å². The van der Waals surface area contributed by atoms with Gasteiger partial charge in [0.1, 0.15) is 13.2 Å². The van der Waals surface area contributed by atoms with E-state index in [0.717, 1.165) is 103 Å². The van der Waals surface area contributed by atoms with Crippen LogP contribution in [0.3, 0.4) is 0 Å². The molecule has 0 aromatic carbocycles. The molecule has 6 heteroatoms. The molecule has 0 aromatic heterocycles. The van der Waals surface area contributed by atoms with Crippen molar-refractivity contribution < 1.29 is 28.6 Å². The fraction of sp³-hybridized carbons (Fsp3) is 0.762. The van der Waals surface area contributed by atoms with E-state index in [1.807, 2.05) is 0 Å². The lowest BCUT2D eigenvalue weighted by Crippen LogP contribution is -2.30. The number of hydrogen-bond donors (Lipinski definition) is 0. The molecule has 0 spiro atoms. The molecule has 0 bridgehead atoms. The Hall–Kier alpha value is -3.15. The quantitative estimate of drug-likeness (QED) is 0.0262. The van der Waals surface area contributed by atoms with Crippen LogP contribution in [0.15, 0.2) is 72.9 Å². The summed E-state index contributed by atoms with van der Waals surface area (Å²) in [6, 6.07) is 0. The first-order valence-corrected chi connectivity index (χ1v) is 29.4. The topological polar surface area (TPSA) is 78.9 Å². The molecule has 1 unspecified atom stereocenters. The summed E-state index contributed by atoms with van der Waals surface area (Å²) in [5.74, 6) is -0.877. The second kappa shape index (κ2) is 57.4. The maximum absolute atomic E-state index is 12.7. The lowest BCUT2D eigenvalue weighted by molar-refractivity contribution is -0.167. The van der Waals surface area contributed by atoms with Gasteiger partial charge in [-0.25, -0.2) is 0 Å². The van der Waals surface area contributed by atoms with E-state index >= 15 is 0 Å². The van der Waals surface area contributed by atoms with Gasteiger partial charge in [0.2, 0.25) is 0 Å². The van der Waals surface area contributed by atoms with Gasteiger partial charge in [-0.1, -0.05) is 273 Å². The summed E-state index contributed by atoms with van der Waals surface area (Å²) in [4.78, 5) is 37.7. The van der Waals surface area contributed by atoms with Crippen LogP contribution >= 0.6 is 0 Å². The number of ether oxygens (including phenoxy) is 3. The molecule has 0 saturated carbocycles. The molecule has 69 heavy (non-hydrogen) atoms. The van der Waals surface area contributed by atoms with Gasteiger partial charge >= 0.3 is 17.9 Å². The van der Waals surface area contributed by atoms with Crippen LogP contribution in [0, 0.1) is 0 Å². The van der Waals surface area contributed by atoms with Gasteiger partial charge < -0.3 is 14.2 Å². The molecule has 0 aromatic rings. The Bertz CT molecular complexity index is 1290. The highest BCUT2D eigenvalue weighted by Crippen LogP contribution is 2.16. The van der Waals surface area contributed by atoms with Gasteiger partial charge in [-0.15, -0.1) is 0 Å². The highest BCUT2D eigenvalue weighted by molar-refractivity contribution is 5.71. The number of unbranched alkanes of at least 4 members (excludes halogenated alkanes) is 30. The summed E-state index contributed by atoms with van der Waals surface area (Å²) in [6.45, 7) is 6.45. The first kappa shape index (κ1) is 65.8. The van der Waals surface area contributed by atoms with E-state index in [1.54, 1.807) is 0 Å². The third-order valence-corrected chi connectivity index (χ3v) is 12.7. The van der Waals surface area contributed by atoms with E-state index in [1.165, 1.54) is 148 Å². The largest absolute Gasteiger partial charge is 0.462 e. The molecule has 398 valence electrons. The Balaban J connectivity index is 3.88. The van der Waals surface area contributed by atoms with Crippen molar-refractivity contribution in [2.75, 3.05) is 13.2 Å². The summed E-state index contributed by atoms with van der Waals surface area (Å²) in [7, 11) is 0. The molecule has 0 rings (SSSR count). The number of esters is 3. The van der Waals surface area contributed by atoms with E-state index < -0.39 is 6.10 Å². The van der Waals surface area contributed by atoms with Crippen LogP contribution in [-0.4, -0.2) is 37.2 Å². The zero-order valence-corrected chi connectivity index (χ0v) is 45.6. The van der Waals surface area contributed by atoms with Crippen molar-refractivity contribution in [1.29, 1.82) is 0 Å². The van der Waals surface area contributed by atoms with Crippen LogP contribution in [0.4, 0.5) is 0 Å². The maximum Gasteiger partial charge on any atom is 0.306 e. The Morgan fingerprint density at radius 1 is 0.304 bits per heavy atom. The molecule has 0 fully saturated rings. The minimum atomic E-state index is -0.765. The maximum atomic E-state index is 12.7. The van der Waals surface area contributed by atoms with Gasteiger partial charge in [-0.2, -0.15) is 0 Å².